The Bertz CT molecular complexity index is 692. The highest BCUT2D eigenvalue weighted by molar-refractivity contribution is 5.83. The summed E-state index contributed by atoms with van der Waals surface area (Å²) >= 11 is 0. The topological polar surface area (TPSA) is 61.4 Å². The number of nitrogens with one attached hydrogen (secondary N) is 2. The minimum absolute atomic E-state index is 0.0334. The number of hydrogen-bond donors (Lipinski definition) is 2. The van der Waals surface area contributed by atoms with E-state index >= 15 is 0 Å². The molecule has 5 nitrogen and oxygen atoms in total. The number of likely N-dealkylation sites (tertiary alicyclic amines) is 1. The Hall–Kier alpha value is -2.02. The molecule has 2 N–H and O–H groups in total. The van der Waals surface area contributed by atoms with E-state index in [2.05, 4.69) is 10.6 Å². The summed E-state index contributed by atoms with van der Waals surface area (Å²) < 4.78 is 26.6. The zero-order valence-electron chi connectivity index (χ0n) is 15.6. The fraction of sp³-hybridized carbons (Fsp3) is 0.600. The van der Waals surface area contributed by atoms with Crippen LogP contribution in [0.5, 0.6) is 0 Å². The number of hydrogen-bond acceptors (Lipinski definition) is 3. The second-order valence-corrected chi connectivity index (χ2v) is 7.58. The van der Waals surface area contributed by atoms with Gasteiger partial charge in [0.05, 0.1) is 12.0 Å². The first-order valence-corrected chi connectivity index (χ1v) is 9.70. The molecule has 27 heavy (non-hydrogen) atoms. The van der Waals surface area contributed by atoms with Gasteiger partial charge in [-0.05, 0) is 62.8 Å². The largest absolute Gasteiger partial charge is 0.354 e. The van der Waals surface area contributed by atoms with Crippen LogP contribution in [0.1, 0.15) is 44.1 Å². The Kier molecular flexibility index (Phi) is 6.42. The van der Waals surface area contributed by atoms with Gasteiger partial charge in [0, 0.05) is 19.6 Å². The second-order valence-electron chi connectivity index (χ2n) is 7.58. The molecule has 1 aromatic rings. The van der Waals surface area contributed by atoms with Crippen molar-refractivity contribution in [1.82, 2.24) is 15.5 Å². The molecule has 7 heteroatoms. The summed E-state index contributed by atoms with van der Waals surface area (Å²) in [6.07, 6.45) is 3.72. The Labute approximate surface area is 158 Å². The second kappa shape index (κ2) is 8.78. The van der Waals surface area contributed by atoms with Crippen molar-refractivity contribution >= 4 is 11.8 Å². The van der Waals surface area contributed by atoms with Gasteiger partial charge in [0.25, 0.3) is 0 Å². The standard InChI is InChI=1S/C20H27F2N3O2/c1-13(15-6-7-16(21)17(22)10-15)20(27)25-9-3-4-14(12-25)11-24-19(26)18-5-2-8-23-18/h6-7,10,13-14,18,23H,2-5,8-9,11-12H2,1H3,(H,24,26). The number of halogens is 2. The lowest BCUT2D eigenvalue weighted by Gasteiger charge is -2.34. The van der Waals surface area contributed by atoms with E-state index in [9.17, 15) is 18.4 Å². The van der Waals surface area contributed by atoms with Gasteiger partial charge in [-0.1, -0.05) is 6.07 Å². The van der Waals surface area contributed by atoms with Crippen LogP contribution in [-0.4, -0.2) is 48.9 Å². The molecule has 0 saturated carbocycles. The maximum Gasteiger partial charge on any atom is 0.237 e. The fourth-order valence-corrected chi connectivity index (χ4v) is 3.91. The maximum absolute atomic E-state index is 13.5. The smallest absolute Gasteiger partial charge is 0.237 e. The monoisotopic (exact) mass is 379 g/mol. The van der Waals surface area contributed by atoms with E-state index < -0.39 is 17.6 Å². The third-order valence-electron chi connectivity index (χ3n) is 5.59. The molecule has 2 fully saturated rings. The molecular formula is C20H27F2N3O2. The van der Waals surface area contributed by atoms with E-state index in [1.54, 1.807) is 11.8 Å². The summed E-state index contributed by atoms with van der Waals surface area (Å²) in [5, 5.41) is 6.18. The van der Waals surface area contributed by atoms with Gasteiger partial charge in [-0.3, -0.25) is 9.59 Å². The molecule has 2 aliphatic heterocycles. The SMILES string of the molecule is CC(C(=O)N1CCCC(CNC(=O)C2CCCN2)C1)c1ccc(F)c(F)c1. The van der Waals surface area contributed by atoms with Gasteiger partial charge in [-0.25, -0.2) is 8.78 Å². The van der Waals surface area contributed by atoms with Crippen LogP contribution in [0.2, 0.25) is 0 Å². The van der Waals surface area contributed by atoms with Crippen LogP contribution >= 0.6 is 0 Å². The number of benzene rings is 1. The Balaban J connectivity index is 1.54. The summed E-state index contributed by atoms with van der Waals surface area (Å²) in [4.78, 5) is 26.7. The highest BCUT2D eigenvalue weighted by Gasteiger charge is 2.29. The minimum atomic E-state index is -0.938. The number of carbonyl (C=O) groups is 2. The summed E-state index contributed by atoms with van der Waals surface area (Å²) in [7, 11) is 0. The predicted molar refractivity (Wildman–Crippen MR) is 98.1 cm³/mol. The Morgan fingerprint density at radius 2 is 2.07 bits per heavy atom. The van der Waals surface area contributed by atoms with Gasteiger partial charge in [-0.2, -0.15) is 0 Å². The van der Waals surface area contributed by atoms with Gasteiger partial charge in [-0.15, -0.1) is 0 Å². The molecule has 0 spiro atoms. The number of nitrogens with zero attached hydrogens (tertiary/aromatic N) is 1. The molecule has 3 rings (SSSR count). The molecule has 3 atom stereocenters. The van der Waals surface area contributed by atoms with E-state index in [0.29, 0.717) is 25.2 Å². The number of piperidine rings is 1. The van der Waals surface area contributed by atoms with Crippen LogP contribution in [-0.2, 0) is 9.59 Å². The summed E-state index contributed by atoms with van der Waals surface area (Å²) in [5.74, 6) is -2.22. The van der Waals surface area contributed by atoms with Crippen LogP contribution in [0.3, 0.4) is 0 Å². The maximum atomic E-state index is 13.5. The van der Waals surface area contributed by atoms with Crippen LogP contribution < -0.4 is 10.6 Å². The summed E-state index contributed by atoms with van der Waals surface area (Å²) in [5.41, 5.74) is 0.474. The first-order chi connectivity index (χ1) is 13.0. The van der Waals surface area contributed by atoms with Crippen molar-refractivity contribution in [3.05, 3.63) is 35.4 Å². The van der Waals surface area contributed by atoms with Gasteiger partial charge < -0.3 is 15.5 Å². The summed E-state index contributed by atoms with van der Waals surface area (Å²) in [6.45, 7) is 4.38. The average Bonchev–Trinajstić information content (AvgIpc) is 3.22. The number of rotatable bonds is 5. The molecule has 2 aliphatic rings. The van der Waals surface area contributed by atoms with E-state index in [1.807, 2.05) is 0 Å². The number of amides is 2. The fourth-order valence-electron chi connectivity index (χ4n) is 3.91. The van der Waals surface area contributed by atoms with Crippen molar-refractivity contribution in [2.24, 2.45) is 5.92 Å². The van der Waals surface area contributed by atoms with Crippen molar-refractivity contribution in [2.75, 3.05) is 26.2 Å². The zero-order valence-corrected chi connectivity index (χ0v) is 15.6. The van der Waals surface area contributed by atoms with E-state index in [1.165, 1.54) is 6.07 Å². The van der Waals surface area contributed by atoms with Crippen molar-refractivity contribution < 1.29 is 18.4 Å². The third kappa shape index (κ3) is 4.83. The Morgan fingerprint density at radius 3 is 2.78 bits per heavy atom. The van der Waals surface area contributed by atoms with E-state index in [4.69, 9.17) is 0 Å². The molecule has 0 aliphatic carbocycles. The Morgan fingerprint density at radius 1 is 1.26 bits per heavy atom. The molecule has 2 heterocycles. The molecule has 0 aromatic heterocycles. The molecule has 0 bridgehead atoms. The lowest BCUT2D eigenvalue weighted by molar-refractivity contribution is -0.134. The molecule has 2 saturated heterocycles. The van der Waals surface area contributed by atoms with Crippen LogP contribution in [0.4, 0.5) is 8.78 Å². The first-order valence-electron chi connectivity index (χ1n) is 9.70. The van der Waals surface area contributed by atoms with Crippen LogP contribution in [0.15, 0.2) is 18.2 Å². The molecule has 148 valence electrons. The quantitative estimate of drug-likeness (QED) is 0.824. The van der Waals surface area contributed by atoms with Crippen molar-refractivity contribution in [2.45, 2.75) is 44.6 Å². The molecule has 2 amide bonds. The molecule has 0 radical (unpaired) electrons. The van der Waals surface area contributed by atoms with Gasteiger partial charge in [0.15, 0.2) is 11.6 Å². The first kappa shape index (κ1) is 19.7. The van der Waals surface area contributed by atoms with Gasteiger partial charge in [0.2, 0.25) is 11.8 Å². The highest BCUT2D eigenvalue weighted by Crippen LogP contribution is 2.24. The molecule has 1 aromatic carbocycles. The number of carbonyl (C=O) groups excluding carboxylic acids is 2. The van der Waals surface area contributed by atoms with E-state index in [0.717, 1.165) is 44.4 Å². The predicted octanol–water partition coefficient (Wildman–Crippen LogP) is 2.18. The third-order valence-corrected chi connectivity index (χ3v) is 5.59. The van der Waals surface area contributed by atoms with Crippen molar-refractivity contribution in [3.63, 3.8) is 0 Å². The summed E-state index contributed by atoms with van der Waals surface area (Å²) in [6, 6.07) is 3.51. The lowest BCUT2D eigenvalue weighted by Crippen LogP contribution is -2.47. The van der Waals surface area contributed by atoms with Gasteiger partial charge >= 0.3 is 0 Å². The average molecular weight is 379 g/mol. The van der Waals surface area contributed by atoms with Crippen molar-refractivity contribution in [3.8, 4) is 0 Å². The highest BCUT2D eigenvalue weighted by atomic mass is 19.2. The minimum Gasteiger partial charge on any atom is -0.354 e. The van der Waals surface area contributed by atoms with Crippen molar-refractivity contribution in [1.29, 1.82) is 0 Å². The molecule has 3 unspecified atom stereocenters. The lowest BCUT2D eigenvalue weighted by atomic mass is 9.94. The van der Waals surface area contributed by atoms with Crippen LogP contribution in [0.25, 0.3) is 0 Å². The van der Waals surface area contributed by atoms with Crippen LogP contribution in [0, 0.1) is 17.6 Å². The molecular weight excluding hydrogens is 352 g/mol. The normalized spacial score (nSPS) is 23.9. The van der Waals surface area contributed by atoms with Gasteiger partial charge in [0.1, 0.15) is 0 Å². The van der Waals surface area contributed by atoms with E-state index in [-0.39, 0.29) is 23.8 Å². The zero-order chi connectivity index (χ0) is 19.4.